The average Bonchev–Trinajstić information content (AvgIpc) is 2.49. The number of nitrogens with one attached hydrogen (secondary N) is 1. The molecule has 1 saturated heterocycles. The summed E-state index contributed by atoms with van der Waals surface area (Å²) in [6.07, 6.45) is 0. The first-order chi connectivity index (χ1) is 8.27. The van der Waals surface area contributed by atoms with Crippen LogP contribution in [0.4, 0.5) is 10.1 Å². The van der Waals surface area contributed by atoms with E-state index in [0.29, 0.717) is 5.69 Å². The highest BCUT2D eigenvalue weighted by Gasteiger charge is 2.51. The van der Waals surface area contributed by atoms with Crippen LogP contribution in [0.3, 0.4) is 0 Å². The third kappa shape index (κ3) is 2.13. The standard InChI is InChI=1S/C13H19BFNO2/c1-12(2)13(3,4)18-14(17-12)9-6-7-10(15)11(8-9)16-5/h6-8,16H,1-5H3. The molecular formula is C13H19BFNO2. The first kappa shape index (κ1) is 13.4. The third-order valence-electron chi connectivity index (χ3n) is 3.79. The van der Waals surface area contributed by atoms with Crippen LogP contribution in [0.15, 0.2) is 18.2 Å². The summed E-state index contributed by atoms with van der Waals surface area (Å²) in [4.78, 5) is 0. The number of hydrogen-bond donors (Lipinski definition) is 1. The van der Waals surface area contributed by atoms with Gasteiger partial charge in [0.2, 0.25) is 0 Å². The summed E-state index contributed by atoms with van der Waals surface area (Å²) in [5, 5.41) is 2.81. The topological polar surface area (TPSA) is 30.5 Å². The van der Waals surface area contributed by atoms with Crippen LogP contribution in [0.25, 0.3) is 0 Å². The maximum atomic E-state index is 13.4. The van der Waals surface area contributed by atoms with Crippen molar-refractivity contribution in [1.82, 2.24) is 0 Å². The van der Waals surface area contributed by atoms with Crippen molar-refractivity contribution in [3.05, 3.63) is 24.0 Å². The van der Waals surface area contributed by atoms with E-state index in [1.54, 1.807) is 19.2 Å². The van der Waals surface area contributed by atoms with E-state index in [-0.39, 0.29) is 17.0 Å². The SMILES string of the molecule is CNc1cc(B2OC(C)(C)C(C)(C)O2)ccc1F. The summed E-state index contributed by atoms with van der Waals surface area (Å²) in [7, 11) is 1.23. The van der Waals surface area contributed by atoms with Crippen LogP contribution in [0.1, 0.15) is 27.7 Å². The molecule has 1 aliphatic rings. The van der Waals surface area contributed by atoms with Gasteiger partial charge in [0, 0.05) is 7.05 Å². The monoisotopic (exact) mass is 251 g/mol. The number of rotatable bonds is 2. The van der Waals surface area contributed by atoms with Gasteiger partial charge in [-0.2, -0.15) is 0 Å². The van der Waals surface area contributed by atoms with Gasteiger partial charge in [-0.25, -0.2) is 4.39 Å². The minimum atomic E-state index is -0.456. The molecule has 0 unspecified atom stereocenters. The molecule has 1 aromatic rings. The fourth-order valence-corrected chi connectivity index (χ4v) is 1.86. The van der Waals surface area contributed by atoms with E-state index in [2.05, 4.69) is 5.32 Å². The summed E-state index contributed by atoms with van der Waals surface area (Å²) < 4.78 is 25.3. The second kappa shape index (κ2) is 4.25. The molecule has 0 aliphatic carbocycles. The van der Waals surface area contributed by atoms with Gasteiger partial charge in [-0.05, 0) is 45.3 Å². The lowest BCUT2D eigenvalue weighted by Crippen LogP contribution is -2.41. The van der Waals surface area contributed by atoms with Gasteiger partial charge >= 0.3 is 7.12 Å². The quantitative estimate of drug-likeness (QED) is 0.817. The van der Waals surface area contributed by atoms with Gasteiger partial charge in [0.15, 0.2) is 0 Å². The molecule has 1 N–H and O–H groups in total. The van der Waals surface area contributed by atoms with Crippen molar-refractivity contribution in [3.8, 4) is 0 Å². The molecule has 5 heteroatoms. The zero-order chi connectivity index (χ0) is 13.6. The van der Waals surface area contributed by atoms with E-state index in [9.17, 15) is 4.39 Å². The molecule has 98 valence electrons. The molecule has 1 aliphatic heterocycles. The Morgan fingerprint density at radius 2 is 1.67 bits per heavy atom. The summed E-state index contributed by atoms with van der Waals surface area (Å²) in [5.74, 6) is -0.280. The van der Waals surface area contributed by atoms with Crippen molar-refractivity contribution in [1.29, 1.82) is 0 Å². The van der Waals surface area contributed by atoms with Gasteiger partial charge in [-0.1, -0.05) is 6.07 Å². The van der Waals surface area contributed by atoms with E-state index >= 15 is 0 Å². The number of benzene rings is 1. The van der Waals surface area contributed by atoms with Gasteiger partial charge in [-0.3, -0.25) is 0 Å². The summed E-state index contributed by atoms with van der Waals surface area (Å²) in [6, 6.07) is 4.84. The molecular weight excluding hydrogens is 232 g/mol. The van der Waals surface area contributed by atoms with E-state index in [1.807, 2.05) is 27.7 Å². The minimum Gasteiger partial charge on any atom is -0.399 e. The Morgan fingerprint density at radius 1 is 1.11 bits per heavy atom. The van der Waals surface area contributed by atoms with Gasteiger partial charge in [0.25, 0.3) is 0 Å². The van der Waals surface area contributed by atoms with Crippen molar-refractivity contribution < 1.29 is 13.7 Å². The molecule has 3 nitrogen and oxygen atoms in total. The van der Waals surface area contributed by atoms with Crippen LogP contribution in [-0.4, -0.2) is 25.4 Å². The first-order valence-corrected chi connectivity index (χ1v) is 6.10. The highest BCUT2D eigenvalue weighted by Crippen LogP contribution is 2.36. The summed E-state index contributed by atoms with van der Waals surface area (Å²) in [6.45, 7) is 7.98. The Balaban J connectivity index is 2.30. The number of halogens is 1. The highest BCUT2D eigenvalue weighted by molar-refractivity contribution is 6.62. The fraction of sp³-hybridized carbons (Fsp3) is 0.538. The van der Waals surface area contributed by atoms with E-state index in [0.717, 1.165) is 5.46 Å². The van der Waals surface area contributed by atoms with Crippen molar-refractivity contribution in [3.63, 3.8) is 0 Å². The van der Waals surface area contributed by atoms with Gasteiger partial charge in [0.1, 0.15) is 5.82 Å². The Labute approximate surface area is 108 Å². The largest absolute Gasteiger partial charge is 0.494 e. The predicted molar refractivity (Wildman–Crippen MR) is 71.7 cm³/mol. The smallest absolute Gasteiger partial charge is 0.399 e. The second-order valence-corrected chi connectivity index (χ2v) is 5.58. The van der Waals surface area contributed by atoms with Crippen LogP contribution in [0, 0.1) is 5.82 Å². The molecule has 1 fully saturated rings. The Kier molecular flexibility index (Phi) is 3.15. The summed E-state index contributed by atoms with van der Waals surface area (Å²) in [5.41, 5.74) is 0.499. The lowest BCUT2D eigenvalue weighted by molar-refractivity contribution is 0.00578. The normalized spacial score (nSPS) is 21.1. The number of anilines is 1. The second-order valence-electron chi connectivity index (χ2n) is 5.58. The molecule has 0 bridgehead atoms. The first-order valence-electron chi connectivity index (χ1n) is 6.10. The Morgan fingerprint density at radius 3 is 2.17 bits per heavy atom. The molecule has 0 spiro atoms. The van der Waals surface area contributed by atoms with E-state index in [4.69, 9.17) is 9.31 Å². The maximum absolute atomic E-state index is 13.4. The van der Waals surface area contributed by atoms with Crippen LogP contribution >= 0.6 is 0 Å². The summed E-state index contributed by atoms with van der Waals surface area (Å²) >= 11 is 0. The minimum absolute atomic E-state index is 0.280. The molecule has 0 radical (unpaired) electrons. The van der Waals surface area contributed by atoms with Crippen LogP contribution in [0.5, 0.6) is 0 Å². The molecule has 18 heavy (non-hydrogen) atoms. The van der Waals surface area contributed by atoms with Crippen molar-refractivity contribution >= 4 is 18.3 Å². The molecule has 2 rings (SSSR count). The Bertz CT molecular complexity index is 446. The van der Waals surface area contributed by atoms with Crippen LogP contribution < -0.4 is 10.8 Å². The van der Waals surface area contributed by atoms with Crippen LogP contribution in [-0.2, 0) is 9.31 Å². The van der Waals surface area contributed by atoms with Crippen molar-refractivity contribution in [2.45, 2.75) is 38.9 Å². The van der Waals surface area contributed by atoms with Gasteiger partial charge < -0.3 is 14.6 Å². The van der Waals surface area contributed by atoms with Crippen molar-refractivity contribution in [2.75, 3.05) is 12.4 Å². The average molecular weight is 251 g/mol. The van der Waals surface area contributed by atoms with Gasteiger partial charge in [-0.15, -0.1) is 0 Å². The molecule has 0 saturated carbocycles. The van der Waals surface area contributed by atoms with Crippen LogP contribution in [0.2, 0.25) is 0 Å². The Hall–Kier alpha value is -1.07. The molecule has 1 aromatic carbocycles. The molecule has 0 aromatic heterocycles. The fourth-order valence-electron chi connectivity index (χ4n) is 1.86. The molecule has 1 heterocycles. The predicted octanol–water partition coefficient (Wildman–Crippen LogP) is 2.17. The maximum Gasteiger partial charge on any atom is 0.494 e. The van der Waals surface area contributed by atoms with Gasteiger partial charge in [0.05, 0.1) is 16.9 Å². The van der Waals surface area contributed by atoms with E-state index < -0.39 is 7.12 Å². The zero-order valence-corrected chi connectivity index (χ0v) is 11.5. The lowest BCUT2D eigenvalue weighted by atomic mass is 9.79. The molecule has 0 amide bonds. The number of hydrogen-bond acceptors (Lipinski definition) is 3. The zero-order valence-electron chi connectivity index (χ0n) is 11.5. The van der Waals surface area contributed by atoms with E-state index in [1.165, 1.54) is 6.07 Å². The van der Waals surface area contributed by atoms with Crippen molar-refractivity contribution in [2.24, 2.45) is 0 Å². The molecule has 0 atom stereocenters. The highest BCUT2D eigenvalue weighted by atomic mass is 19.1. The third-order valence-corrected chi connectivity index (χ3v) is 3.79. The lowest BCUT2D eigenvalue weighted by Gasteiger charge is -2.32.